The molecule has 1 atom stereocenters. The molecule has 3 aromatic rings. The lowest BCUT2D eigenvalue weighted by atomic mass is 10.1. The monoisotopic (exact) mass is 448 g/mol. The zero-order valence-electron chi connectivity index (χ0n) is 18.4. The van der Waals surface area contributed by atoms with Crippen molar-refractivity contribution in [1.82, 2.24) is 19.7 Å². The topological polar surface area (TPSA) is 122 Å². The van der Waals surface area contributed by atoms with Gasteiger partial charge in [0.05, 0.1) is 24.4 Å². The Balaban J connectivity index is 1.35. The lowest BCUT2D eigenvalue weighted by molar-refractivity contribution is -0.122. The highest BCUT2D eigenvalue weighted by molar-refractivity contribution is 6.03. The van der Waals surface area contributed by atoms with Crippen LogP contribution in [0, 0.1) is 12.8 Å². The molecule has 1 aromatic carbocycles. The quantitative estimate of drug-likeness (QED) is 0.613. The average Bonchev–Trinajstić information content (AvgIpc) is 3.52. The number of H-pyrrole nitrogens is 1. The van der Waals surface area contributed by atoms with Crippen LogP contribution in [-0.2, 0) is 22.4 Å². The zero-order chi connectivity index (χ0) is 23.1. The summed E-state index contributed by atoms with van der Waals surface area (Å²) in [4.78, 5) is 47.0. The van der Waals surface area contributed by atoms with Gasteiger partial charge in [0, 0.05) is 30.3 Å². The van der Waals surface area contributed by atoms with Crippen LogP contribution in [0.5, 0.6) is 5.75 Å². The molecule has 1 aliphatic carbocycles. The number of methoxy groups -OCH3 is 1. The molecule has 3 heterocycles. The van der Waals surface area contributed by atoms with Crippen molar-refractivity contribution in [2.75, 3.05) is 23.9 Å². The van der Waals surface area contributed by atoms with E-state index in [2.05, 4.69) is 20.4 Å². The maximum Gasteiger partial charge on any atom is 0.255 e. The minimum absolute atomic E-state index is 0.110. The van der Waals surface area contributed by atoms with Crippen molar-refractivity contribution in [1.29, 1.82) is 0 Å². The molecule has 2 N–H and O–H groups in total. The van der Waals surface area contributed by atoms with Gasteiger partial charge in [0.1, 0.15) is 11.6 Å². The molecule has 1 saturated heterocycles. The fourth-order valence-corrected chi connectivity index (χ4v) is 4.40. The number of carbonyl (C=O) groups excluding carboxylic acids is 2. The van der Waals surface area contributed by atoms with E-state index < -0.39 is 5.92 Å². The SMILES string of the molecule is COc1ccc(N2C[C@H](C(=O)Nc3cc(C)nn3-c3nc4c(c(=O)[nH]3)CCC4)CC2=O)cc1. The first-order valence-corrected chi connectivity index (χ1v) is 10.9. The maximum absolute atomic E-state index is 13.0. The van der Waals surface area contributed by atoms with Gasteiger partial charge in [-0.1, -0.05) is 0 Å². The number of ether oxygens (including phenoxy) is 1. The highest BCUT2D eigenvalue weighted by atomic mass is 16.5. The molecule has 0 bridgehead atoms. The molecule has 10 nitrogen and oxygen atoms in total. The number of aromatic amines is 1. The molecule has 0 unspecified atom stereocenters. The molecule has 5 rings (SSSR count). The molecule has 1 aliphatic heterocycles. The number of hydrogen-bond acceptors (Lipinski definition) is 6. The number of hydrogen-bond donors (Lipinski definition) is 2. The van der Waals surface area contributed by atoms with Gasteiger partial charge in [-0.25, -0.2) is 4.98 Å². The number of aryl methyl sites for hydroxylation is 2. The van der Waals surface area contributed by atoms with Crippen molar-refractivity contribution in [3.05, 3.63) is 57.6 Å². The van der Waals surface area contributed by atoms with Crippen molar-refractivity contribution in [3.8, 4) is 11.7 Å². The van der Waals surface area contributed by atoms with E-state index in [0.29, 0.717) is 17.3 Å². The van der Waals surface area contributed by atoms with Crippen LogP contribution >= 0.6 is 0 Å². The standard InChI is InChI=1S/C23H24N6O4/c1-13-10-19(29(27-13)23-24-18-5-3-4-17(18)22(32)26-23)25-21(31)14-11-20(30)28(12-14)15-6-8-16(33-2)9-7-15/h6-10,14H,3-5,11-12H2,1-2H3,(H,25,31)(H,24,26,32)/t14-/m1/s1. The number of amides is 2. The van der Waals surface area contributed by atoms with Crippen LogP contribution in [0.25, 0.3) is 5.95 Å². The number of anilines is 2. The van der Waals surface area contributed by atoms with Gasteiger partial charge in [0.15, 0.2) is 0 Å². The Morgan fingerprint density at radius 3 is 2.76 bits per heavy atom. The van der Waals surface area contributed by atoms with Crippen LogP contribution in [-0.4, -0.2) is 45.2 Å². The highest BCUT2D eigenvalue weighted by Crippen LogP contribution is 2.28. The van der Waals surface area contributed by atoms with E-state index in [0.717, 1.165) is 36.2 Å². The van der Waals surface area contributed by atoms with E-state index in [4.69, 9.17) is 4.74 Å². The minimum atomic E-state index is -0.518. The van der Waals surface area contributed by atoms with Crippen LogP contribution in [0.1, 0.15) is 29.8 Å². The predicted molar refractivity (Wildman–Crippen MR) is 121 cm³/mol. The van der Waals surface area contributed by atoms with Gasteiger partial charge in [0.2, 0.25) is 17.8 Å². The Morgan fingerprint density at radius 1 is 1.21 bits per heavy atom. The molecule has 2 aliphatic rings. The van der Waals surface area contributed by atoms with Gasteiger partial charge in [0.25, 0.3) is 5.56 Å². The third-order valence-corrected chi connectivity index (χ3v) is 6.09. The molecule has 33 heavy (non-hydrogen) atoms. The Labute approximate surface area is 189 Å². The lowest BCUT2D eigenvalue weighted by Gasteiger charge is -2.17. The zero-order valence-corrected chi connectivity index (χ0v) is 18.4. The fourth-order valence-electron chi connectivity index (χ4n) is 4.40. The van der Waals surface area contributed by atoms with E-state index in [1.807, 2.05) is 0 Å². The molecule has 1 fully saturated rings. The Kier molecular flexibility index (Phi) is 5.20. The summed E-state index contributed by atoms with van der Waals surface area (Å²) < 4.78 is 6.60. The van der Waals surface area contributed by atoms with Crippen LogP contribution in [0.15, 0.2) is 35.1 Å². The minimum Gasteiger partial charge on any atom is -0.497 e. The van der Waals surface area contributed by atoms with Crippen LogP contribution in [0.3, 0.4) is 0 Å². The molecular weight excluding hydrogens is 424 g/mol. The second-order valence-electron chi connectivity index (χ2n) is 8.34. The molecular formula is C23H24N6O4. The molecule has 10 heteroatoms. The van der Waals surface area contributed by atoms with Crippen molar-refractivity contribution in [2.45, 2.75) is 32.6 Å². The maximum atomic E-state index is 13.0. The molecule has 170 valence electrons. The average molecular weight is 448 g/mol. The van der Waals surface area contributed by atoms with Gasteiger partial charge < -0.3 is 15.0 Å². The van der Waals surface area contributed by atoms with Crippen molar-refractivity contribution in [3.63, 3.8) is 0 Å². The van der Waals surface area contributed by atoms with Crippen molar-refractivity contribution in [2.24, 2.45) is 5.92 Å². The summed E-state index contributed by atoms with van der Waals surface area (Å²) in [6.45, 7) is 2.07. The van der Waals surface area contributed by atoms with E-state index in [1.165, 1.54) is 4.68 Å². The first-order valence-electron chi connectivity index (χ1n) is 10.9. The van der Waals surface area contributed by atoms with E-state index in [1.54, 1.807) is 49.3 Å². The Hall–Kier alpha value is -3.95. The summed E-state index contributed by atoms with van der Waals surface area (Å²) in [5, 5.41) is 7.27. The van der Waals surface area contributed by atoms with E-state index >= 15 is 0 Å². The molecule has 0 saturated carbocycles. The molecule has 2 aromatic heterocycles. The number of carbonyl (C=O) groups is 2. The normalized spacial score (nSPS) is 17.3. The number of fused-ring (bicyclic) bond motifs is 1. The van der Waals surface area contributed by atoms with Gasteiger partial charge in [-0.15, -0.1) is 0 Å². The van der Waals surface area contributed by atoms with Crippen molar-refractivity contribution < 1.29 is 14.3 Å². The van der Waals surface area contributed by atoms with Gasteiger partial charge in [-0.05, 0) is 50.5 Å². The first kappa shape index (κ1) is 20.9. The third kappa shape index (κ3) is 3.88. The number of aromatic nitrogens is 4. The van der Waals surface area contributed by atoms with Gasteiger partial charge in [-0.2, -0.15) is 9.78 Å². The first-order chi connectivity index (χ1) is 15.9. The van der Waals surface area contributed by atoms with Crippen LogP contribution in [0.4, 0.5) is 11.5 Å². The second kappa shape index (κ2) is 8.19. The summed E-state index contributed by atoms with van der Waals surface area (Å²) in [6.07, 6.45) is 2.48. The second-order valence-corrected chi connectivity index (χ2v) is 8.34. The van der Waals surface area contributed by atoms with Crippen LogP contribution in [0.2, 0.25) is 0 Å². The number of rotatable bonds is 5. The smallest absolute Gasteiger partial charge is 0.255 e. The third-order valence-electron chi connectivity index (χ3n) is 6.09. The summed E-state index contributed by atoms with van der Waals surface area (Å²) in [5.41, 5.74) is 2.70. The number of nitrogens with one attached hydrogen (secondary N) is 2. The predicted octanol–water partition coefficient (Wildman–Crippen LogP) is 1.75. The Morgan fingerprint density at radius 2 is 2.00 bits per heavy atom. The van der Waals surface area contributed by atoms with Gasteiger partial charge >= 0.3 is 0 Å². The summed E-state index contributed by atoms with van der Waals surface area (Å²) >= 11 is 0. The fraction of sp³-hybridized carbons (Fsp3) is 0.348. The number of benzene rings is 1. The van der Waals surface area contributed by atoms with Crippen molar-refractivity contribution >= 4 is 23.3 Å². The van der Waals surface area contributed by atoms with Gasteiger partial charge in [-0.3, -0.25) is 19.4 Å². The van der Waals surface area contributed by atoms with E-state index in [-0.39, 0.29) is 36.3 Å². The molecule has 2 amide bonds. The lowest BCUT2D eigenvalue weighted by Crippen LogP contribution is -2.29. The summed E-state index contributed by atoms with van der Waals surface area (Å²) in [5.74, 6) is 0.441. The highest BCUT2D eigenvalue weighted by Gasteiger charge is 2.35. The van der Waals surface area contributed by atoms with E-state index in [9.17, 15) is 14.4 Å². The summed E-state index contributed by atoms with van der Waals surface area (Å²) in [6, 6.07) is 8.86. The number of nitrogens with zero attached hydrogens (tertiary/aromatic N) is 4. The Bertz CT molecular complexity index is 1290. The molecule has 0 spiro atoms. The summed E-state index contributed by atoms with van der Waals surface area (Å²) in [7, 11) is 1.58. The molecule has 0 radical (unpaired) electrons. The largest absolute Gasteiger partial charge is 0.497 e. The van der Waals surface area contributed by atoms with Crippen LogP contribution < -0.4 is 20.5 Å².